The van der Waals surface area contributed by atoms with Crippen LogP contribution in [0.15, 0.2) is 24.3 Å². The van der Waals surface area contributed by atoms with Crippen LogP contribution in [0.5, 0.6) is 5.75 Å². The van der Waals surface area contributed by atoms with Crippen LogP contribution in [0.4, 0.5) is 5.69 Å². The van der Waals surface area contributed by atoms with Crippen LogP contribution in [0.2, 0.25) is 0 Å². The second-order valence-corrected chi connectivity index (χ2v) is 4.47. The van der Waals surface area contributed by atoms with Crippen molar-refractivity contribution in [2.45, 2.75) is 39.2 Å². The zero-order valence-electron chi connectivity index (χ0n) is 11.1. The quantitative estimate of drug-likeness (QED) is 0.730. The minimum atomic E-state index is -0.0963. The van der Waals surface area contributed by atoms with Gasteiger partial charge < -0.3 is 15.8 Å². The first-order valence-corrected chi connectivity index (χ1v) is 6.39. The number of hydrogen-bond donors (Lipinski definition) is 2. The first-order chi connectivity index (χ1) is 8.61. The number of rotatable bonds is 7. The Hall–Kier alpha value is -1.71. The number of unbranched alkanes of at least 4 members (excludes halogenated alkanes) is 1. The molecule has 0 aromatic heterocycles. The minimum absolute atomic E-state index is 0.0277. The summed E-state index contributed by atoms with van der Waals surface area (Å²) in [6.45, 7) is 4.17. The number of ether oxygens (including phenoxy) is 1. The predicted molar refractivity (Wildman–Crippen MR) is 73.5 cm³/mol. The highest BCUT2D eigenvalue weighted by Crippen LogP contribution is 2.14. The fourth-order valence-corrected chi connectivity index (χ4v) is 1.65. The molecule has 0 radical (unpaired) electrons. The summed E-state index contributed by atoms with van der Waals surface area (Å²) in [6, 6.07) is 7.26. The smallest absolute Gasteiger partial charge is 0.258 e. The van der Waals surface area contributed by atoms with E-state index in [4.69, 9.17) is 10.5 Å². The molecule has 18 heavy (non-hydrogen) atoms. The number of benzene rings is 1. The summed E-state index contributed by atoms with van der Waals surface area (Å²) in [4.78, 5) is 11.6. The standard InChI is InChI=1S/C14H22N2O2/c1-3-4-6-11(2)16-14(17)10-18-13-8-5-7-12(15)9-13/h5,7-9,11H,3-4,6,10,15H2,1-2H3,(H,16,17). The van der Waals surface area contributed by atoms with Crippen LogP contribution in [0.3, 0.4) is 0 Å². The molecular formula is C14H22N2O2. The van der Waals surface area contributed by atoms with Crippen molar-refractivity contribution in [2.75, 3.05) is 12.3 Å². The molecule has 0 saturated carbocycles. The molecule has 0 fully saturated rings. The van der Waals surface area contributed by atoms with E-state index in [1.54, 1.807) is 24.3 Å². The van der Waals surface area contributed by atoms with Crippen LogP contribution in [0.1, 0.15) is 33.1 Å². The molecule has 3 N–H and O–H groups in total. The first kappa shape index (κ1) is 14.4. The Bertz CT molecular complexity index is 380. The predicted octanol–water partition coefficient (Wildman–Crippen LogP) is 2.34. The van der Waals surface area contributed by atoms with Crippen molar-refractivity contribution in [1.82, 2.24) is 5.32 Å². The summed E-state index contributed by atoms with van der Waals surface area (Å²) >= 11 is 0. The molecule has 0 spiro atoms. The molecule has 1 aromatic carbocycles. The molecule has 1 amide bonds. The number of anilines is 1. The van der Waals surface area contributed by atoms with E-state index < -0.39 is 0 Å². The second-order valence-electron chi connectivity index (χ2n) is 4.47. The molecule has 0 bridgehead atoms. The Morgan fingerprint density at radius 3 is 2.94 bits per heavy atom. The van der Waals surface area contributed by atoms with Crippen LogP contribution >= 0.6 is 0 Å². The number of nitrogen functional groups attached to an aromatic ring is 1. The van der Waals surface area contributed by atoms with Crippen molar-refractivity contribution < 1.29 is 9.53 Å². The zero-order chi connectivity index (χ0) is 13.4. The van der Waals surface area contributed by atoms with Crippen LogP contribution < -0.4 is 15.8 Å². The summed E-state index contributed by atoms with van der Waals surface area (Å²) in [7, 11) is 0. The maximum Gasteiger partial charge on any atom is 0.258 e. The van der Waals surface area contributed by atoms with Gasteiger partial charge in [0.1, 0.15) is 5.75 Å². The van der Waals surface area contributed by atoms with E-state index in [1.807, 2.05) is 6.92 Å². The lowest BCUT2D eigenvalue weighted by atomic mass is 10.1. The van der Waals surface area contributed by atoms with Crippen molar-refractivity contribution in [3.05, 3.63) is 24.3 Å². The summed E-state index contributed by atoms with van der Waals surface area (Å²) < 4.78 is 5.36. The molecular weight excluding hydrogens is 228 g/mol. The van der Waals surface area contributed by atoms with Gasteiger partial charge in [0.2, 0.25) is 0 Å². The van der Waals surface area contributed by atoms with Crippen LogP contribution in [-0.2, 0) is 4.79 Å². The molecule has 0 aliphatic heterocycles. The lowest BCUT2D eigenvalue weighted by Crippen LogP contribution is -2.36. The number of carbonyl (C=O) groups is 1. The van der Waals surface area contributed by atoms with Gasteiger partial charge in [-0.3, -0.25) is 4.79 Å². The number of nitrogens with two attached hydrogens (primary N) is 1. The molecule has 0 heterocycles. The van der Waals surface area contributed by atoms with Crippen molar-refractivity contribution >= 4 is 11.6 Å². The third kappa shape index (κ3) is 5.57. The highest BCUT2D eigenvalue weighted by Gasteiger charge is 2.07. The number of hydrogen-bond acceptors (Lipinski definition) is 3. The maximum atomic E-state index is 11.6. The fourth-order valence-electron chi connectivity index (χ4n) is 1.65. The largest absolute Gasteiger partial charge is 0.484 e. The van der Waals surface area contributed by atoms with Gasteiger partial charge in [0.25, 0.3) is 5.91 Å². The Labute approximate surface area is 109 Å². The number of carbonyl (C=O) groups excluding carboxylic acids is 1. The maximum absolute atomic E-state index is 11.6. The zero-order valence-corrected chi connectivity index (χ0v) is 11.1. The van der Waals surface area contributed by atoms with Gasteiger partial charge in [-0.05, 0) is 25.5 Å². The molecule has 0 aliphatic carbocycles. The van der Waals surface area contributed by atoms with E-state index in [1.165, 1.54) is 0 Å². The van der Waals surface area contributed by atoms with Crippen molar-refractivity contribution in [3.63, 3.8) is 0 Å². The van der Waals surface area contributed by atoms with E-state index in [0.29, 0.717) is 11.4 Å². The van der Waals surface area contributed by atoms with Gasteiger partial charge in [-0.15, -0.1) is 0 Å². The average Bonchev–Trinajstić information content (AvgIpc) is 2.34. The Morgan fingerprint density at radius 1 is 1.50 bits per heavy atom. The van der Waals surface area contributed by atoms with Crippen molar-refractivity contribution in [3.8, 4) is 5.75 Å². The number of nitrogens with one attached hydrogen (secondary N) is 1. The van der Waals surface area contributed by atoms with Gasteiger partial charge >= 0.3 is 0 Å². The summed E-state index contributed by atoms with van der Waals surface area (Å²) in [5.41, 5.74) is 6.25. The third-order valence-electron chi connectivity index (χ3n) is 2.63. The summed E-state index contributed by atoms with van der Waals surface area (Å²) in [6.07, 6.45) is 3.26. The first-order valence-electron chi connectivity index (χ1n) is 6.39. The second kappa shape index (κ2) is 7.58. The molecule has 0 aliphatic rings. The molecule has 100 valence electrons. The van der Waals surface area contributed by atoms with E-state index in [9.17, 15) is 4.79 Å². The van der Waals surface area contributed by atoms with Gasteiger partial charge in [0.15, 0.2) is 6.61 Å². The van der Waals surface area contributed by atoms with E-state index in [2.05, 4.69) is 12.2 Å². The lowest BCUT2D eigenvalue weighted by molar-refractivity contribution is -0.123. The highest BCUT2D eigenvalue weighted by atomic mass is 16.5. The third-order valence-corrected chi connectivity index (χ3v) is 2.63. The van der Waals surface area contributed by atoms with Gasteiger partial charge in [-0.2, -0.15) is 0 Å². The molecule has 4 heteroatoms. The molecule has 4 nitrogen and oxygen atoms in total. The lowest BCUT2D eigenvalue weighted by Gasteiger charge is -2.13. The van der Waals surface area contributed by atoms with Crippen molar-refractivity contribution in [2.24, 2.45) is 0 Å². The topological polar surface area (TPSA) is 64.3 Å². The van der Waals surface area contributed by atoms with E-state index in [-0.39, 0.29) is 18.6 Å². The van der Waals surface area contributed by atoms with Gasteiger partial charge in [0.05, 0.1) is 0 Å². The van der Waals surface area contributed by atoms with E-state index >= 15 is 0 Å². The minimum Gasteiger partial charge on any atom is -0.484 e. The van der Waals surface area contributed by atoms with Crippen LogP contribution in [-0.4, -0.2) is 18.6 Å². The van der Waals surface area contributed by atoms with Crippen LogP contribution in [0.25, 0.3) is 0 Å². The van der Waals surface area contributed by atoms with Gasteiger partial charge in [0, 0.05) is 17.8 Å². The van der Waals surface area contributed by atoms with Gasteiger partial charge in [-0.25, -0.2) is 0 Å². The normalized spacial score (nSPS) is 11.9. The Kier molecular flexibility index (Phi) is 6.05. The molecule has 1 atom stereocenters. The van der Waals surface area contributed by atoms with E-state index in [0.717, 1.165) is 19.3 Å². The average molecular weight is 250 g/mol. The number of amides is 1. The summed E-state index contributed by atoms with van der Waals surface area (Å²) in [5.74, 6) is 0.521. The molecule has 1 rings (SSSR count). The molecule has 1 aromatic rings. The molecule has 0 saturated heterocycles. The van der Waals surface area contributed by atoms with Crippen LogP contribution in [0, 0.1) is 0 Å². The summed E-state index contributed by atoms with van der Waals surface area (Å²) in [5, 5.41) is 2.90. The van der Waals surface area contributed by atoms with Crippen molar-refractivity contribution in [1.29, 1.82) is 0 Å². The Morgan fingerprint density at radius 2 is 2.28 bits per heavy atom. The monoisotopic (exact) mass is 250 g/mol. The SMILES string of the molecule is CCCCC(C)NC(=O)COc1cccc(N)c1. The highest BCUT2D eigenvalue weighted by molar-refractivity contribution is 5.77. The Balaban J connectivity index is 2.28. The molecule has 1 unspecified atom stereocenters. The fraction of sp³-hybridized carbons (Fsp3) is 0.500. The van der Waals surface area contributed by atoms with Gasteiger partial charge in [-0.1, -0.05) is 25.8 Å².